The first-order valence-corrected chi connectivity index (χ1v) is 14.4. The molecule has 1 fully saturated rings. The van der Waals surface area contributed by atoms with Gasteiger partial charge in [-0.25, -0.2) is 14.0 Å². The van der Waals surface area contributed by atoms with Gasteiger partial charge in [-0.05, 0) is 62.2 Å². The summed E-state index contributed by atoms with van der Waals surface area (Å²) in [6.07, 6.45) is 2.29. The van der Waals surface area contributed by atoms with Crippen molar-refractivity contribution >= 4 is 11.6 Å². The molecule has 1 aliphatic rings. The van der Waals surface area contributed by atoms with Gasteiger partial charge in [0.2, 0.25) is 5.91 Å². The molecule has 0 atom stereocenters. The lowest BCUT2D eigenvalue weighted by molar-refractivity contribution is -0.133. The fourth-order valence-corrected chi connectivity index (χ4v) is 5.86. The van der Waals surface area contributed by atoms with E-state index < -0.39 is 5.41 Å². The van der Waals surface area contributed by atoms with Gasteiger partial charge in [-0.15, -0.1) is 0 Å². The monoisotopic (exact) mass is 552 g/mol. The molecule has 0 N–H and O–H groups in total. The van der Waals surface area contributed by atoms with E-state index in [1.54, 1.807) is 15.8 Å². The van der Waals surface area contributed by atoms with Crippen LogP contribution in [0.4, 0.5) is 5.69 Å². The maximum Gasteiger partial charge on any atom is 0.350 e. The van der Waals surface area contributed by atoms with Crippen molar-refractivity contribution in [2.45, 2.75) is 31.7 Å². The Morgan fingerprint density at radius 3 is 1.85 bits per heavy atom. The van der Waals surface area contributed by atoms with Crippen LogP contribution < -0.4 is 10.6 Å². The number of anilines is 1. The minimum atomic E-state index is -0.750. The summed E-state index contributed by atoms with van der Waals surface area (Å²) < 4.78 is 3.08. The Bertz CT molecular complexity index is 1440. The highest BCUT2D eigenvalue weighted by molar-refractivity contribution is 5.92. The zero-order chi connectivity index (χ0) is 29.0. The fourth-order valence-electron chi connectivity index (χ4n) is 5.86. The molecule has 0 bridgehead atoms. The van der Waals surface area contributed by atoms with E-state index in [2.05, 4.69) is 51.3 Å². The van der Waals surface area contributed by atoms with Crippen molar-refractivity contribution in [3.63, 3.8) is 0 Å². The zero-order valence-corrected chi connectivity index (χ0v) is 24.5. The molecular formula is C33H40N6O2. The van der Waals surface area contributed by atoms with E-state index in [0.717, 1.165) is 55.2 Å². The highest BCUT2D eigenvalue weighted by Crippen LogP contribution is 2.38. The summed E-state index contributed by atoms with van der Waals surface area (Å²) in [5.41, 5.74) is 3.14. The maximum atomic E-state index is 13.9. The summed E-state index contributed by atoms with van der Waals surface area (Å²) in [4.78, 5) is 33.2. The van der Waals surface area contributed by atoms with Gasteiger partial charge >= 0.3 is 5.69 Å². The van der Waals surface area contributed by atoms with Crippen LogP contribution in [-0.4, -0.2) is 76.9 Å². The molecule has 0 unspecified atom stereocenters. The number of benzene rings is 3. The lowest BCUT2D eigenvalue weighted by Gasteiger charge is -2.40. The second-order valence-corrected chi connectivity index (χ2v) is 11.3. The largest absolute Gasteiger partial charge is 0.369 e. The number of likely N-dealkylation sites (N-methyl/N-ethyl adjacent to an activating group) is 1. The first kappa shape index (κ1) is 28.4. The highest BCUT2D eigenvalue weighted by Gasteiger charge is 2.43. The van der Waals surface area contributed by atoms with E-state index in [0.29, 0.717) is 6.42 Å². The molecule has 0 spiro atoms. The van der Waals surface area contributed by atoms with Gasteiger partial charge in [-0.1, -0.05) is 60.7 Å². The van der Waals surface area contributed by atoms with Crippen molar-refractivity contribution in [1.82, 2.24) is 24.1 Å². The Kier molecular flexibility index (Phi) is 8.40. The molecule has 4 aromatic rings. The summed E-state index contributed by atoms with van der Waals surface area (Å²) in [5.74, 6) is 0.103. The molecule has 1 aliphatic heterocycles. The van der Waals surface area contributed by atoms with Crippen molar-refractivity contribution < 1.29 is 4.79 Å². The first-order chi connectivity index (χ1) is 19.8. The van der Waals surface area contributed by atoms with Crippen molar-refractivity contribution in [3.8, 4) is 5.69 Å². The molecule has 0 aliphatic carbocycles. The number of hydrogen-bond donors (Lipinski definition) is 0. The van der Waals surface area contributed by atoms with Crippen LogP contribution in [0.5, 0.6) is 0 Å². The van der Waals surface area contributed by atoms with Crippen LogP contribution in [0.25, 0.3) is 5.69 Å². The molecule has 3 aromatic carbocycles. The van der Waals surface area contributed by atoms with Crippen molar-refractivity contribution in [2.24, 2.45) is 0 Å². The lowest BCUT2D eigenvalue weighted by atomic mass is 9.70. The van der Waals surface area contributed by atoms with E-state index in [1.807, 2.05) is 76.5 Å². The van der Waals surface area contributed by atoms with Gasteiger partial charge in [-0.3, -0.25) is 9.69 Å². The summed E-state index contributed by atoms with van der Waals surface area (Å²) in [6, 6.07) is 28.6. The van der Waals surface area contributed by atoms with Crippen LogP contribution in [0.1, 0.15) is 37.4 Å². The predicted octanol–water partition coefficient (Wildman–Crippen LogP) is 4.20. The maximum absolute atomic E-state index is 13.9. The summed E-state index contributed by atoms with van der Waals surface area (Å²) in [5, 5.41) is 4.23. The second-order valence-electron chi connectivity index (χ2n) is 11.3. The number of piperazine rings is 1. The minimum absolute atomic E-state index is 0.0193. The van der Waals surface area contributed by atoms with Crippen molar-refractivity contribution in [2.75, 3.05) is 51.7 Å². The van der Waals surface area contributed by atoms with E-state index in [9.17, 15) is 9.59 Å². The average molecular weight is 553 g/mol. The van der Waals surface area contributed by atoms with Crippen molar-refractivity contribution in [1.29, 1.82) is 0 Å². The Labute approximate surface area is 242 Å². The Morgan fingerprint density at radius 2 is 1.37 bits per heavy atom. The predicted molar refractivity (Wildman–Crippen MR) is 164 cm³/mol. The second kappa shape index (κ2) is 12.1. The van der Waals surface area contributed by atoms with E-state index in [4.69, 9.17) is 0 Å². The van der Waals surface area contributed by atoms with Gasteiger partial charge in [0, 0.05) is 46.0 Å². The van der Waals surface area contributed by atoms with Crippen LogP contribution >= 0.6 is 0 Å². The van der Waals surface area contributed by atoms with Gasteiger partial charge in [-0.2, -0.15) is 5.10 Å². The van der Waals surface area contributed by atoms with E-state index in [1.165, 1.54) is 4.68 Å². The summed E-state index contributed by atoms with van der Waals surface area (Å²) >= 11 is 0. The third-order valence-corrected chi connectivity index (χ3v) is 8.16. The number of aromatic nitrogens is 3. The van der Waals surface area contributed by atoms with Gasteiger partial charge in [0.15, 0.2) is 0 Å². The standard InChI is InChI=1S/C33H40N6O2/c1-26(2)39-32(41)38(25-34-39)30-17-15-29(16-18-30)37-23-21-36(22-24-37)20-19-33(31(40)35(3)4,27-11-7-5-8-12-27)28-13-9-6-10-14-28/h5-18,25-26H,19-24H2,1-4H3. The lowest BCUT2D eigenvalue weighted by Crippen LogP contribution is -2.50. The molecule has 214 valence electrons. The molecule has 1 saturated heterocycles. The smallest absolute Gasteiger partial charge is 0.350 e. The third-order valence-electron chi connectivity index (χ3n) is 8.16. The number of nitrogens with zero attached hydrogens (tertiary/aromatic N) is 6. The molecule has 41 heavy (non-hydrogen) atoms. The molecule has 5 rings (SSSR count). The Balaban J connectivity index is 1.29. The molecule has 1 aromatic heterocycles. The van der Waals surface area contributed by atoms with Crippen LogP contribution in [-0.2, 0) is 10.2 Å². The van der Waals surface area contributed by atoms with Crippen LogP contribution in [0.2, 0.25) is 0 Å². The van der Waals surface area contributed by atoms with Crippen LogP contribution in [0, 0.1) is 0 Å². The van der Waals surface area contributed by atoms with Gasteiger partial charge in [0.1, 0.15) is 11.7 Å². The van der Waals surface area contributed by atoms with Gasteiger partial charge in [0.05, 0.1) is 11.7 Å². The van der Waals surface area contributed by atoms with Gasteiger partial charge in [0.25, 0.3) is 0 Å². The number of carbonyl (C=O) groups excluding carboxylic acids is 1. The van der Waals surface area contributed by atoms with Gasteiger partial charge < -0.3 is 9.80 Å². The number of rotatable bonds is 9. The van der Waals surface area contributed by atoms with E-state index >= 15 is 0 Å². The van der Waals surface area contributed by atoms with Crippen molar-refractivity contribution in [3.05, 3.63) is 113 Å². The SMILES string of the molecule is CC(C)n1ncn(-c2ccc(N3CCN(CCC(C(=O)N(C)C)(c4ccccc4)c4ccccc4)CC3)cc2)c1=O. The number of amides is 1. The van der Waals surface area contributed by atoms with Crippen LogP contribution in [0.15, 0.2) is 96.1 Å². The molecule has 0 saturated carbocycles. The molecule has 8 nitrogen and oxygen atoms in total. The summed E-state index contributed by atoms with van der Waals surface area (Å²) in [7, 11) is 3.69. The normalized spacial score (nSPS) is 14.4. The topological polar surface area (TPSA) is 66.6 Å². The minimum Gasteiger partial charge on any atom is -0.369 e. The van der Waals surface area contributed by atoms with Crippen LogP contribution in [0.3, 0.4) is 0 Å². The average Bonchev–Trinajstić information content (AvgIpc) is 3.40. The molecule has 0 radical (unpaired) electrons. The molecule has 8 heteroatoms. The first-order valence-electron chi connectivity index (χ1n) is 14.4. The zero-order valence-electron chi connectivity index (χ0n) is 24.5. The number of hydrogen-bond acceptors (Lipinski definition) is 5. The molecular weight excluding hydrogens is 512 g/mol. The molecule has 1 amide bonds. The Morgan fingerprint density at radius 1 is 0.829 bits per heavy atom. The highest BCUT2D eigenvalue weighted by atomic mass is 16.2. The number of carbonyl (C=O) groups is 1. The Hall–Kier alpha value is -4.17. The molecule has 2 heterocycles. The fraction of sp³-hybridized carbons (Fsp3) is 0.364. The van der Waals surface area contributed by atoms with E-state index in [-0.39, 0.29) is 17.6 Å². The summed E-state index contributed by atoms with van der Waals surface area (Å²) in [6.45, 7) is 8.34. The third kappa shape index (κ3) is 5.70. The quantitative estimate of drug-likeness (QED) is 0.311.